The van der Waals surface area contributed by atoms with Crippen molar-refractivity contribution in [3.8, 4) is 11.4 Å². The van der Waals surface area contributed by atoms with Gasteiger partial charge in [0.05, 0.1) is 0 Å². The second-order valence-electron chi connectivity index (χ2n) is 4.52. The molecule has 3 aromatic rings. The average Bonchev–Trinajstić information content (AvgIpc) is 2.95. The molecule has 0 aliphatic carbocycles. The van der Waals surface area contributed by atoms with Crippen LogP contribution in [0.1, 0.15) is 13.0 Å². The van der Waals surface area contributed by atoms with Gasteiger partial charge in [-0.15, -0.1) is 5.10 Å². The van der Waals surface area contributed by atoms with Gasteiger partial charge in [0.2, 0.25) is 0 Å². The Bertz CT molecular complexity index is 781. The van der Waals surface area contributed by atoms with E-state index in [2.05, 4.69) is 15.5 Å². The molecule has 1 unspecified atom stereocenters. The van der Waals surface area contributed by atoms with Gasteiger partial charge in [0.25, 0.3) is 0 Å². The van der Waals surface area contributed by atoms with Crippen molar-refractivity contribution in [1.82, 2.24) is 20.2 Å². The van der Waals surface area contributed by atoms with Gasteiger partial charge in [0, 0.05) is 5.56 Å². The number of carboxylic acids is 1. The van der Waals surface area contributed by atoms with E-state index in [1.165, 1.54) is 4.68 Å². The molecule has 6 nitrogen and oxygen atoms in total. The SMILES string of the molecule is CC(C(=O)O)n1nnnc1-c1ccc2ccccc2c1. The quantitative estimate of drug-likeness (QED) is 0.787. The molecular formula is C14H12N4O2. The van der Waals surface area contributed by atoms with E-state index in [0.717, 1.165) is 16.3 Å². The Morgan fingerprint density at radius 1 is 1.20 bits per heavy atom. The largest absolute Gasteiger partial charge is 0.480 e. The zero-order valence-electron chi connectivity index (χ0n) is 10.8. The number of rotatable bonds is 3. The zero-order chi connectivity index (χ0) is 14.1. The third kappa shape index (κ3) is 2.01. The van der Waals surface area contributed by atoms with Crippen LogP contribution >= 0.6 is 0 Å². The molecule has 1 atom stereocenters. The van der Waals surface area contributed by atoms with Gasteiger partial charge in [-0.3, -0.25) is 0 Å². The first-order valence-electron chi connectivity index (χ1n) is 6.16. The summed E-state index contributed by atoms with van der Waals surface area (Å²) in [5, 5.41) is 22.5. The molecule has 0 saturated heterocycles. The summed E-state index contributed by atoms with van der Waals surface area (Å²) in [6.45, 7) is 1.54. The highest BCUT2D eigenvalue weighted by molar-refractivity contribution is 5.86. The van der Waals surface area contributed by atoms with Crippen molar-refractivity contribution < 1.29 is 9.90 Å². The predicted molar refractivity (Wildman–Crippen MR) is 73.1 cm³/mol. The van der Waals surface area contributed by atoms with Crippen LogP contribution < -0.4 is 0 Å². The first kappa shape index (κ1) is 12.3. The molecule has 0 radical (unpaired) electrons. The van der Waals surface area contributed by atoms with E-state index in [1.807, 2.05) is 42.5 Å². The van der Waals surface area contributed by atoms with Crippen LogP contribution in [0.2, 0.25) is 0 Å². The van der Waals surface area contributed by atoms with Gasteiger partial charge in [-0.25, -0.2) is 9.48 Å². The third-order valence-electron chi connectivity index (χ3n) is 3.22. The number of benzene rings is 2. The number of aromatic nitrogens is 4. The molecule has 1 N–H and O–H groups in total. The summed E-state index contributed by atoms with van der Waals surface area (Å²) < 4.78 is 1.31. The van der Waals surface area contributed by atoms with E-state index < -0.39 is 12.0 Å². The topological polar surface area (TPSA) is 80.9 Å². The number of carboxylic acid groups (broad SMARTS) is 1. The van der Waals surface area contributed by atoms with Crippen molar-refractivity contribution >= 4 is 16.7 Å². The average molecular weight is 268 g/mol. The van der Waals surface area contributed by atoms with Crippen molar-refractivity contribution in [2.75, 3.05) is 0 Å². The Hall–Kier alpha value is -2.76. The van der Waals surface area contributed by atoms with E-state index in [9.17, 15) is 4.79 Å². The molecule has 1 heterocycles. The summed E-state index contributed by atoms with van der Waals surface area (Å²) in [7, 11) is 0. The standard InChI is InChI=1S/C14H12N4O2/c1-9(14(19)20)18-13(15-16-17-18)12-7-6-10-4-2-3-5-11(10)8-12/h2-9H,1H3,(H,19,20). The Labute approximate surface area is 114 Å². The van der Waals surface area contributed by atoms with Crippen LogP contribution in [0.15, 0.2) is 42.5 Å². The van der Waals surface area contributed by atoms with Crippen LogP contribution in [-0.4, -0.2) is 31.3 Å². The molecule has 2 aromatic carbocycles. The maximum absolute atomic E-state index is 11.1. The van der Waals surface area contributed by atoms with Crippen molar-refractivity contribution in [1.29, 1.82) is 0 Å². The van der Waals surface area contributed by atoms with Gasteiger partial charge in [-0.1, -0.05) is 36.4 Å². The zero-order valence-corrected chi connectivity index (χ0v) is 10.8. The summed E-state index contributed by atoms with van der Waals surface area (Å²) in [5.74, 6) is -0.523. The number of hydrogen-bond donors (Lipinski definition) is 1. The minimum atomic E-state index is -0.973. The van der Waals surface area contributed by atoms with Crippen LogP contribution in [0.5, 0.6) is 0 Å². The summed E-state index contributed by atoms with van der Waals surface area (Å²) >= 11 is 0. The third-order valence-corrected chi connectivity index (χ3v) is 3.22. The van der Waals surface area contributed by atoms with E-state index in [-0.39, 0.29) is 0 Å². The fourth-order valence-corrected chi connectivity index (χ4v) is 2.08. The van der Waals surface area contributed by atoms with Crippen LogP contribution in [0, 0.1) is 0 Å². The lowest BCUT2D eigenvalue weighted by atomic mass is 10.1. The summed E-state index contributed by atoms with van der Waals surface area (Å²) in [6, 6.07) is 12.9. The van der Waals surface area contributed by atoms with Gasteiger partial charge in [-0.2, -0.15) is 0 Å². The molecule has 0 spiro atoms. The summed E-state index contributed by atoms with van der Waals surface area (Å²) in [4.78, 5) is 11.1. The van der Waals surface area contributed by atoms with Crippen molar-refractivity contribution in [3.05, 3.63) is 42.5 Å². The molecule has 100 valence electrons. The lowest BCUT2D eigenvalue weighted by molar-refractivity contribution is -0.140. The number of tetrazole rings is 1. The van der Waals surface area contributed by atoms with Gasteiger partial charge >= 0.3 is 5.97 Å². The second kappa shape index (κ2) is 4.73. The smallest absolute Gasteiger partial charge is 0.328 e. The van der Waals surface area contributed by atoms with Crippen LogP contribution in [0.25, 0.3) is 22.2 Å². The van der Waals surface area contributed by atoms with Crippen LogP contribution in [0.3, 0.4) is 0 Å². The lowest BCUT2D eigenvalue weighted by Crippen LogP contribution is -2.18. The van der Waals surface area contributed by atoms with Crippen LogP contribution in [0.4, 0.5) is 0 Å². The fraction of sp³-hybridized carbons (Fsp3) is 0.143. The van der Waals surface area contributed by atoms with E-state index in [4.69, 9.17) is 5.11 Å². The number of carbonyl (C=O) groups is 1. The number of nitrogens with zero attached hydrogens (tertiary/aromatic N) is 4. The second-order valence-corrected chi connectivity index (χ2v) is 4.52. The maximum atomic E-state index is 11.1. The molecule has 0 aliphatic rings. The lowest BCUT2D eigenvalue weighted by Gasteiger charge is -2.09. The Balaban J connectivity index is 2.12. The Kier molecular flexibility index (Phi) is 2.90. The first-order chi connectivity index (χ1) is 9.66. The molecule has 6 heteroatoms. The van der Waals surface area contributed by atoms with Crippen molar-refractivity contribution in [2.45, 2.75) is 13.0 Å². The highest BCUT2D eigenvalue weighted by atomic mass is 16.4. The Morgan fingerprint density at radius 3 is 2.70 bits per heavy atom. The monoisotopic (exact) mass is 268 g/mol. The molecule has 20 heavy (non-hydrogen) atoms. The van der Waals surface area contributed by atoms with E-state index in [1.54, 1.807) is 6.92 Å². The van der Waals surface area contributed by atoms with Gasteiger partial charge in [0.15, 0.2) is 11.9 Å². The van der Waals surface area contributed by atoms with Gasteiger partial charge < -0.3 is 5.11 Å². The molecule has 1 aromatic heterocycles. The molecule has 3 rings (SSSR count). The number of hydrogen-bond acceptors (Lipinski definition) is 4. The first-order valence-corrected chi connectivity index (χ1v) is 6.16. The molecule has 0 amide bonds. The minimum Gasteiger partial charge on any atom is -0.480 e. The van der Waals surface area contributed by atoms with E-state index in [0.29, 0.717) is 5.82 Å². The van der Waals surface area contributed by atoms with Gasteiger partial charge in [-0.05, 0) is 34.2 Å². The normalized spacial score (nSPS) is 12.4. The van der Waals surface area contributed by atoms with Crippen molar-refractivity contribution in [3.63, 3.8) is 0 Å². The fourth-order valence-electron chi connectivity index (χ4n) is 2.08. The van der Waals surface area contributed by atoms with Crippen molar-refractivity contribution in [2.24, 2.45) is 0 Å². The Morgan fingerprint density at radius 2 is 1.95 bits per heavy atom. The maximum Gasteiger partial charge on any atom is 0.328 e. The highest BCUT2D eigenvalue weighted by Gasteiger charge is 2.20. The van der Waals surface area contributed by atoms with Gasteiger partial charge in [0.1, 0.15) is 0 Å². The van der Waals surface area contributed by atoms with E-state index >= 15 is 0 Å². The molecule has 0 bridgehead atoms. The predicted octanol–water partition coefficient (Wildman–Crippen LogP) is 2.14. The molecular weight excluding hydrogens is 256 g/mol. The number of fused-ring (bicyclic) bond motifs is 1. The number of aliphatic carboxylic acids is 1. The van der Waals surface area contributed by atoms with Crippen LogP contribution in [-0.2, 0) is 4.79 Å². The molecule has 0 fully saturated rings. The highest BCUT2D eigenvalue weighted by Crippen LogP contribution is 2.24. The minimum absolute atomic E-state index is 0.450. The molecule has 0 aliphatic heterocycles. The molecule has 0 saturated carbocycles. The summed E-state index contributed by atoms with van der Waals surface area (Å²) in [6.07, 6.45) is 0. The summed E-state index contributed by atoms with van der Waals surface area (Å²) in [5.41, 5.74) is 0.793.